The van der Waals surface area contributed by atoms with Gasteiger partial charge in [-0.05, 0) is 36.4 Å². The van der Waals surface area contributed by atoms with Gasteiger partial charge in [0.15, 0.2) is 0 Å². The third-order valence-corrected chi connectivity index (χ3v) is 4.50. The Kier molecular flexibility index (Phi) is 7.72. The van der Waals surface area contributed by atoms with Crippen molar-refractivity contribution >= 4 is 16.4 Å². The van der Waals surface area contributed by atoms with Gasteiger partial charge in [-0.25, -0.2) is 0 Å². The maximum Gasteiger partial charge on any atom is 0.268 e. The summed E-state index contributed by atoms with van der Waals surface area (Å²) in [6.45, 7) is 4.68. The van der Waals surface area contributed by atoms with Gasteiger partial charge >= 0.3 is 0 Å². The molecule has 5 nitrogen and oxygen atoms in total. The van der Waals surface area contributed by atoms with E-state index in [0.29, 0.717) is 30.7 Å². The summed E-state index contributed by atoms with van der Waals surface area (Å²) in [6.07, 6.45) is 2.07. The Morgan fingerprint density at radius 3 is 2.36 bits per heavy atom. The first-order chi connectivity index (χ1) is 10.4. The molecule has 22 heavy (non-hydrogen) atoms. The molecule has 1 aromatic carbocycles. The van der Waals surface area contributed by atoms with Crippen molar-refractivity contribution in [2.75, 3.05) is 18.9 Å². The molecule has 1 unspecified atom stereocenters. The van der Waals surface area contributed by atoms with Crippen molar-refractivity contribution in [1.29, 1.82) is 0 Å². The van der Waals surface area contributed by atoms with Crippen LogP contribution >= 0.6 is 0 Å². The van der Waals surface area contributed by atoms with Crippen molar-refractivity contribution in [3.05, 3.63) is 35.4 Å². The van der Waals surface area contributed by atoms with Crippen molar-refractivity contribution < 1.29 is 17.4 Å². The minimum atomic E-state index is -3.73. The molecule has 2 N–H and O–H groups in total. The fourth-order valence-corrected chi connectivity index (χ4v) is 3.30. The van der Waals surface area contributed by atoms with Gasteiger partial charge in [0.25, 0.3) is 10.1 Å². The highest BCUT2D eigenvalue weighted by molar-refractivity contribution is 7.86. The Hall–Kier alpha value is -1.24. The van der Waals surface area contributed by atoms with Gasteiger partial charge in [-0.3, -0.25) is 4.18 Å². The molecule has 1 rings (SSSR count). The van der Waals surface area contributed by atoms with E-state index < -0.39 is 16.0 Å². The largest absolute Gasteiger partial charge is 0.330 e. The summed E-state index contributed by atoms with van der Waals surface area (Å²) in [5.74, 6) is -0.509. The van der Waals surface area contributed by atoms with Gasteiger partial charge < -0.3 is 10.5 Å². The molecule has 0 aliphatic rings. The molecule has 0 saturated heterocycles. The maximum absolute atomic E-state index is 11.8. The van der Waals surface area contributed by atoms with Crippen molar-refractivity contribution in [3.63, 3.8) is 0 Å². The van der Waals surface area contributed by atoms with Gasteiger partial charge in [0.05, 0.1) is 18.3 Å². The Morgan fingerprint density at radius 2 is 1.86 bits per heavy atom. The van der Waals surface area contributed by atoms with Gasteiger partial charge in [-0.2, -0.15) is 8.42 Å². The third-order valence-electron chi connectivity index (χ3n) is 3.21. The molecule has 0 amide bonds. The average Bonchev–Trinajstić information content (AvgIpc) is 2.45. The molecular weight excluding hydrogens is 302 g/mol. The Labute approximate surface area is 133 Å². The summed E-state index contributed by atoms with van der Waals surface area (Å²) in [7, 11) is -3.73. The average molecular weight is 327 g/mol. The van der Waals surface area contributed by atoms with E-state index in [4.69, 9.17) is 9.92 Å². The number of nitrogens with two attached hydrogens (primary N) is 1. The van der Waals surface area contributed by atoms with Crippen LogP contribution in [0.3, 0.4) is 0 Å². The third kappa shape index (κ3) is 6.68. The van der Waals surface area contributed by atoms with E-state index in [1.165, 1.54) is 5.56 Å². The normalized spacial score (nSPS) is 13.3. The summed E-state index contributed by atoms with van der Waals surface area (Å²) >= 11 is 0. The van der Waals surface area contributed by atoms with Gasteiger partial charge in [0.1, 0.15) is 6.29 Å². The predicted molar refractivity (Wildman–Crippen MR) is 87.2 cm³/mol. The van der Waals surface area contributed by atoms with E-state index >= 15 is 0 Å². The van der Waals surface area contributed by atoms with Crippen LogP contribution in [0.4, 0.5) is 0 Å². The van der Waals surface area contributed by atoms with E-state index in [1.807, 2.05) is 24.3 Å². The van der Waals surface area contributed by atoms with Crippen LogP contribution in [0.25, 0.3) is 0 Å². The Balaban J connectivity index is 2.73. The molecule has 1 atom stereocenters. The first-order valence-electron chi connectivity index (χ1n) is 7.49. The number of carbonyl (C=O) groups excluding carboxylic acids is 1. The SMILES string of the molecule is CC(C)Cc1ccc(C(C=O)CS(=O)(=O)OCCCN)cc1. The molecule has 0 bridgehead atoms. The van der Waals surface area contributed by atoms with Crippen LogP contribution in [0, 0.1) is 5.92 Å². The second-order valence-corrected chi connectivity index (χ2v) is 7.46. The molecule has 0 fully saturated rings. The molecule has 0 aliphatic heterocycles. The van der Waals surface area contributed by atoms with E-state index in [1.54, 1.807) is 0 Å². The van der Waals surface area contributed by atoms with Crippen LogP contribution < -0.4 is 5.73 Å². The molecule has 0 aliphatic carbocycles. The zero-order chi connectivity index (χ0) is 16.6. The molecule has 1 aromatic rings. The molecule has 0 saturated carbocycles. The lowest BCUT2D eigenvalue weighted by molar-refractivity contribution is -0.108. The zero-order valence-corrected chi connectivity index (χ0v) is 14.0. The first-order valence-corrected chi connectivity index (χ1v) is 9.07. The minimum Gasteiger partial charge on any atom is -0.330 e. The van der Waals surface area contributed by atoms with Crippen molar-refractivity contribution in [1.82, 2.24) is 0 Å². The van der Waals surface area contributed by atoms with Gasteiger partial charge in [0.2, 0.25) is 0 Å². The number of carbonyl (C=O) groups is 1. The van der Waals surface area contributed by atoms with Crippen LogP contribution in [-0.4, -0.2) is 33.6 Å². The Bertz CT molecular complexity index is 552. The van der Waals surface area contributed by atoms with Crippen LogP contribution in [0.1, 0.15) is 37.3 Å². The predicted octanol–water partition coefficient (Wildman–Crippen LogP) is 1.86. The fourth-order valence-electron chi connectivity index (χ4n) is 2.12. The smallest absolute Gasteiger partial charge is 0.268 e. The lowest BCUT2D eigenvalue weighted by Gasteiger charge is -2.12. The minimum absolute atomic E-state index is 0.0533. The van der Waals surface area contributed by atoms with Crippen molar-refractivity contribution in [3.8, 4) is 0 Å². The van der Waals surface area contributed by atoms with E-state index in [-0.39, 0.29) is 12.4 Å². The van der Waals surface area contributed by atoms with Crippen LogP contribution in [0.2, 0.25) is 0 Å². The summed E-state index contributed by atoms with van der Waals surface area (Å²) in [5, 5.41) is 0. The number of rotatable bonds is 10. The van der Waals surface area contributed by atoms with E-state index in [0.717, 1.165) is 6.42 Å². The molecule has 0 spiro atoms. The monoisotopic (exact) mass is 327 g/mol. The summed E-state index contributed by atoms with van der Waals surface area (Å²) in [6, 6.07) is 7.50. The quantitative estimate of drug-likeness (QED) is 0.403. The lowest BCUT2D eigenvalue weighted by Crippen LogP contribution is -2.19. The topological polar surface area (TPSA) is 86.5 Å². The summed E-state index contributed by atoms with van der Waals surface area (Å²) in [5.41, 5.74) is 7.15. The second kappa shape index (κ2) is 9.02. The summed E-state index contributed by atoms with van der Waals surface area (Å²) in [4.78, 5) is 11.2. The molecule has 0 radical (unpaired) electrons. The number of hydrogen-bond donors (Lipinski definition) is 1. The number of aldehydes is 1. The molecular formula is C16H25NO4S. The highest BCUT2D eigenvalue weighted by Crippen LogP contribution is 2.19. The van der Waals surface area contributed by atoms with E-state index in [9.17, 15) is 13.2 Å². The van der Waals surface area contributed by atoms with E-state index in [2.05, 4.69) is 13.8 Å². The molecule has 124 valence electrons. The fraction of sp³-hybridized carbons (Fsp3) is 0.562. The number of hydrogen-bond acceptors (Lipinski definition) is 5. The standard InChI is InChI=1S/C16H25NO4S/c1-13(2)10-14-4-6-15(7-5-14)16(11-18)12-22(19,20)21-9-3-8-17/h4-7,11,13,16H,3,8-10,12,17H2,1-2H3. The van der Waals surface area contributed by atoms with Crippen molar-refractivity contribution in [2.24, 2.45) is 11.7 Å². The van der Waals surface area contributed by atoms with Crippen LogP contribution in [0.5, 0.6) is 0 Å². The maximum atomic E-state index is 11.8. The van der Waals surface area contributed by atoms with Gasteiger partial charge in [-0.15, -0.1) is 0 Å². The summed E-state index contributed by atoms with van der Waals surface area (Å²) < 4.78 is 28.5. The Morgan fingerprint density at radius 1 is 1.23 bits per heavy atom. The van der Waals surface area contributed by atoms with Crippen molar-refractivity contribution in [2.45, 2.75) is 32.6 Å². The van der Waals surface area contributed by atoms with Crippen LogP contribution in [0.15, 0.2) is 24.3 Å². The zero-order valence-electron chi connectivity index (χ0n) is 13.2. The lowest BCUT2D eigenvalue weighted by atomic mass is 9.97. The molecule has 6 heteroatoms. The highest BCUT2D eigenvalue weighted by Gasteiger charge is 2.21. The van der Waals surface area contributed by atoms with Gasteiger partial charge in [-0.1, -0.05) is 38.1 Å². The molecule has 0 heterocycles. The number of benzene rings is 1. The second-order valence-electron chi connectivity index (χ2n) is 5.77. The first kappa shape index (κ1) is 18.8. The van der Waals surface area contributed by atoms with Gasteiger partial charge in [0, 0.05) is 0 Å². The highest BCUT2D eigenvalue weighted by atomic mass is 32.2. The molecule has 0 aromatic heterocycles. The van der Waals surface area contributed by atoms with Crippen LogP contribution in [-0.2, 0) is 25.5 Å².